The minimum atomic E-state index is 0.0983. The first-order chi connectivity index (χ1) is 9.39. The van der Waals surface area contributed by atoms with Crippen molar-refractivity contribution in [3.05, 3.63) is 46.0 Å². The van der Waals surface area contributed by atoms with Gasteiger partial charge in [-0.25, -0.2) is 0 Å². The highest BCUT2D eigenvalue weighted by Crippen LogP contribution is 2.58. The minimum absolute atomic E-state index is 0.0983. The molecule has 1 N–H and O–H groups in total. The number of aromatic hydroxyl groups is 1. The molecule has 20 heavy (non-hydrogen) atoms. The molecule has 3 heteroatoms. The maximum Gasteiger partial charge on any atom is 0.159 e. The third kappa shape index (κ3) is 2.05. The molecule has 1 aromatic rings. The summed E-state index contributed by atoms with van der Waals surface area (Å²) in [5.41, 5.74) is 2.23. The lowest BCUT2D eigenvalue weighted by molar-refractivity contribution is -0.133. The number of allylic oxidation sites excluding steroid dienone is 3. The van der Waals surface area contributed by atoms with Crippen LogP contribution >= 0.6 is 15.9 Å². The molecule has 0 heterocycles. The number of carbonyl (C=O) groups is 1. The number of halogens is 1. The van der Waals surface area contributed by atoms with E-state index in [1.165, 1.54) is 0 Å². The van der Waals surface area contributed by atoms with Crippen LogP contribution in [0.2, 0.25) is 0 Å². The maximum atomic E-state index is 12.0. The highest BCUT2D eigenvalue weighted by molar-refractivity contribution is 9.10. The lowest BCUT2D eigenvalue weighted by Gasteiger charge is -2.54. The molecule has 0 saturated heterocycles. The van der Waals surface area contributed by atoms with Gasteiger partial charge < -0.3 is 5.11 Å². The van der Waals surface area contributed by atoms with Crippen molar-refractivity contribution in [2.24, 2.45) is 17.3 Å². The summed E-state index contributed by atoms with van der Waals surface area (Å²) in [5, 5.41) is 9.49. The maximum absolute atomic E-state index is 12.0. The van der Waals surface area contributed by atoms with Crippen molar-refractivity contribution in [3.8, 4) is 5.75 Å². The smallest absolute Gasteiger partial charge is 0.159 e. The molecule has 1 aromatic carbocycles. The molecule has 0 amide bonds. The zero-order valence-electron chi connectivity index (χ0n) is 11.6. The van der Waals surface area contributed by atoms with Gasteiger partial charge in [-0.15, -0.1) is 0 Å². The van der Waals surface area contributed by atoms with Crippen LogP contribution in [0.3, 0.4) is 0 Å². The fraction of sp³-hybridized carbons (Fsp3) is 0.353. The standard InChI is InChI=1S/C17H17BrO2/c1-17(2)12-9-13(17)16(20)8-11(12)5-3-10-4-6-15(19)14(18)7-10/h3-8,12-13,19H,9H2,1-2H3/b5-3+. The number of carbonyl (C=O) groups excluding carboxylic acids is 1. The third-order valence-electron chi connectivity index (χ3n) is 4.76. The molecular formula is C17H17BrO2. The van der Waals surface area contributed by atoms with Gasteiger partial charge in [0.15, 0.2) is 5.78 Å². The first-order valence-corrected chi connectivity index (χ1v) is 7.61. The largest absolute Gasteiger partial charge is 0.507 e. The van der Waals surface area contributed by atoms with Crippen molar-refractivity contribution >= 4 is 27.8 Å². The van der Waals surface area contributed by atoms with Crippen LogP contribution in [0.1, 0.15) is 25.8 Å². The second-order valence-corrected chi connectivity index (χ2v) is 7.11. The van der Waals surface area contributed by atoms with Crippen LogP contribution in [-0.2, 0) is 4.79 Å². The average Bonchev–Trinajstić information content (AvgIpc) is 2.39. The molecule has 0 radical (unpaired) electrons. The van der Waals surface area contributed by atoms with Crippen molar-refractivity contribution in [1.29, 1.82) is 0 Å². The molecule has 2 nitrogen and oxygen atoms in total. The Labute approximate surface area is 127 Å². The van der Waals surface area contributed by atoms with Crippen molar-refractivity contribution in [1.82, 2.24) is 0 Å². The van der Waals surface area contributed by atoms with Crippen LogP contribution in [0.15, 0.2) is 40.4 Å². The molecule has 2 atom stereocenters. The van der Waals surface area contributed by atoms with Gasteiger partial charge in [0, 0.05) is 5.92 Å². The highest BCUT2D eigenvalue weighted by Gasteiger charge is 2.54. The highest BCUT2D eigenvalue weighted by atomic mass is 79.9. The van der Waals surface area contributed by atoms with Gasteiger partial charge in [0.25, 0.3) is 0 Å². The van der Waals surface area contributed by atoms with Crippen molar-refractivity contribution in [2.75, 3.05) is 0 Å². The zero-order valence-corrected chi connectivity index (χ0v) is 13.1. The number of phenols is 1. The van der Waals surface area contributed by atoms with Crippen LogP contribution < -0.4 is 0 Å². The fourth-order valence-electron chi connectivity index (χ4n) is 3.32. The van der Waals surface area contributed by atoms with E-state index in [9.17, 15) is 9.90 Å². The lowest BCUT2D eigenvalue weighted by Crippen LogP contribution is -2.52. The van der Waals surface area contributed by atoms with Crippen molar-refractivity contribution < 1.29 is 9.90 Å². The molecule has 0 aromatic heterocycles. The number of benzene rings is 1. The molecule has 104 valence electrons. The number of fused-ring (bicyclic) bond motifs is 1. The van der Waals surface area contributed by atoms with Crippen molar-refractivity contribution in [3.63, 3.8) is 0 Å². The first kappa shape index (κ1) is 13.6. The minimum Gasteiger partial charge on any atom is -0.507 e. The molecule has 1 saturated carbocycles. The Morgan fingerprint density at radius 1 is 1.30 bits per heavy atom. The predicted octanol–water partition coefficient (Wildman–Crippen LogP) is 4.34. The van der Waals surface area contributed by atoms with Gasteiger partial charge in [-0.1, -0.05) is 32.1 Å². The monoisotopic (exact) mass is 332 g/mol. The van der Waals surface area contributed by atoms with E-state index in [0.717, 1.165) is 17.6 Å². The Morgan fingerprint density at radius 3 is 2.65 bits per heavy atom. The van der Waals surface area contributed by atoms with E-state index in [1.54, 1.807) is 12.1 Å². The van der Waals surface area contributed by atoms with E-state index in [4.69, 9.17) is 0 Å². The Bertz CT molecular complexity index is 640. The number of ketones is 1. The third-order valence-corrected chi connectivity index (χ3v) is 5.40. The molecule has 0 spiro atoms. The molecule has 3 aliphatic rings. The summed E-state index contributed by atoms with van der Waals surface area (Å²) < 4.78 is 0.678. The SMILES string of the molecule is CC1(C)C2CC1C(/C=C/c1ccc(O)c(Br)c1)=CC2=O. The van der Waals surface area contributed by atoms with Crippen molar-refractivity contribution in [2.45, 2.75) is 20.3 Å². The summed E-state index contributed by atoms with van der Waals surface area (Å²) in [6, 6.07) is 5.38. The number of hydrogen-bond donors (Lipinski definition) is 1. The van der Waals surface area contributed by atoms with Gasteiger partial charge in [0.2, 0.25) is 0 Å². The molecule has 3 aliphatic carbocycles. The van der Waals surface area contributed by atoms with E-state index in [2.05, 4.69) is 29.8 Å². The van der Waals surface area contributed by atoms with Gasteiger partial charge in [-0.05, 0) is 63.0 Å². The summed E-state index contributed by atoms with van der Waals surface area (Å²) in [6.45, 7) is 4.36. The van der Waals surface area contributed by atoms with Crippen LogP contribution in [-0.4, -0.2) is 10.9 Å². The molecule has 2 bridgehead atoms. The molecule has 1 fully saturated rings. The predicted molar refractivity (Wildman–Crippen MR) is 83.3 cm³/mol. The van der Waals surface area contributed by atoms with E-state index in [-0.39, 0.29) is 22.9 Å². The Morgan fingerprint density at radius 2 is 2.05 bits per heavy atom. The van der Waals surface area contributed by atoms with Crippen LogP contribution in [0, 0.1) is 17.3 Å². The van der Waals surface area contributed by atoms with E-state index >= 15 is 0 Å². The average molecular weight is 333 g/mol. The summed E-state index contributed by atoms with van der Waals surface area (Å²) >= 11 is 3.31. The summed E-state index contributed by atoms with van der Waals surface area (Å²) in [5.74, 6) is 1.20. The van der Waals surface area contributed by atoms with Crippen LogP contribution in [0.4, 0.5) is 0 Å². The Hall–Kier alpha value is -1.35. The lowest BCUT2D eigenvalue weighted by atomic mass is 9.48. The van der Waals surface area contributed by atoms with Gasteiger partial charge in [0.1, 0.15) is 5.75 Å². The van der Waals surface area contributed by atoms with Gasteiger partial charge in [-0.2, -0.15) is 0 Å². The van der Waals surface area contributed by atoms with Gasteiger partial charge >= 0.3 is 0 Å². The zero-order chi connectivity index (χ0) is 14.5. The fourth-order valence-corrected chi connectivity index (χ4v) is 3.72. The van der Waals surface area contributed by atoms with E-state index in [0.29, 0.717) is 10.4 Å². The molecule has 2 unspecified atom stereocenters. The molecule has 4 rings (SSSR count). The van der Waals surface area contributed by atoms with E-state index < -0.39 is 0 Å². The van der Waals surface area contributed by atoms with Gasteiger partial charge in [0.05, 0.1) is 4.47 Å². The van der Waals surface area contributed by atoms with Gasteiger partial charge in [-0.3, -0.25) is 4.79 Å². The number of rotatable bonds is 2. The normalized spacial score (nSPS) is 27.4. The quantitative estimate of drug-likeness (QED) is 0.874. The molecular weight excluding hydrogens is 316 g/mol. The van der Waals surface area contributed by atoms with Crippen LogP contribution in [0.25, 0.3) is 6.08 Å². The first-order valence-electron chi connectivity index (χ1n) is 6.81. The molecule has 0 aliphatic heterocycles. The summed E-state index contributed by atoms with van der Waals surface area (Å²) in [4.78, 5) is 12.0. The summed E-state index contributed by atoms with van der Waals surface area (Å²) in [6.07, 6.45) is 6.83. The Balaban J connectivity index is 1.86. The Kier molecular flexibility index (Phi) is 3.13. The van der Waals surface area contributed by atoms with Crippen LogP contribution in [0.5, 0.6) is 5.75 Å². The second-order valence-electron chi connectivity index (χ2n) is 6.25. The number of phenolic OH excluding ortho intramolecular Hbond substituents is 1. The number of hydrogen-bond acceptors (Lipinski definition) is 2. The summed E-state index contributed by atoms with van der Waals surface area (Å²) in [7, 11) is 0. The van der Waals surface area contributed by atoms with E-state index in [1.807, 2.05) is 24.3 Å². The second kappa shape index (κ2) is 4.59. The topological polar surface area (TPSA) is 37.3 Å².